The summed E-state index contributed by atoms with van der Waals surface area (Å²) in [5, 5.41) is 20.0. The van der Waals surface area contributed by atoms with E-state index in [2.05, 4.69) is 9.71 Å². The van der Waals surface area contributed by atoms with Gasteiger partial charge in [0.2, 0.25) is 15.9 Å². The predicted molar refractivity (Wildman–Crippen MR) is 122 cm³/mol. The molecule has 1 aromatic heterocycles. The summed E-state index contributed by atoms with van der Waals surface area (Å²) in [5.74, 6) is -1.74. The lowest BCUT2D eigenvalue weighted by molar-refractivity contribution is 0.194. The molecule has 0 spiro atoms. The molecule has 7 nitrogen and oxygen atoms in total. The number of benzene rings is 2. The van der Waals surface area contributed by atoms with Crippen LogP contribution in [0.25, 0.3) is 11.1 Å². The van der Waals surface area contributed by atoms with Gasteiger partial charge >= 0.3 is 0 Å². The normalized spacial score (nSPS) is 21.6. The Morgan fingerprint density at radius 1 is 1.24 bits per heavy atom. The first-order valence-corrected chi connectivity index (χ1v) is 12.7. The van der Waals surface area contributed by atoms with Crippen molar-refractivity contribution in [3.8, 4) is 16.9 Å². The van der Waals surface area contributed by atoms with Crippen LogP contribution in [-0.4, -0.2) is 35.9 Å². The molecular weight excluding hydrogens is 466 g/mol. The van der Waals surface area contributed by atoms with Gasteiger partial charge in [-0.2, -0.15) is 0 Å². The number of aromatic hydroxyl groups is 1. The molecule has 4 rings (SSSR count). The molecule has 3 atom stereocenters. The highest BCUT2D eigenvalue weighted by atomic mass is 32.2. The molecule has 1 aliphatic rings. The van der Waals surface area contributed by atoms with E-state index in [4.69, 9.17) is 4.42 Å². The van der Waals surface area contributed by atoms with Gasteiger partial charge in [0.1, 0.15) is 17.8 Å². The fourth-order valence-corrected chi connectivity index (χ4v) is 5.50. The smallest absolute Gasteiger partial charge is 0.208 e. The Hall–Kier alpha value is -2.82. The lowest BCUT2D eigenvalue weighted by Crippen LogP contribution is -2.35. The van der Waals surface area contributed by atoms with Crippen LogP contribution in [0.4, 0.5) is 8.78 Å². The van der Waals surface area contributed by atoms with Gasteiger partial charge in [0, 0.05) is 17.2 Å². The number of phenolic OH excluding ortho intramolecular Hbond substituents is 1. The van der Waals surface area contributed by atoms with Crippen LogP contribution in [0.1, 0.15) is 49.4 Å². The minimum atomic E-state index is -3.43. The van der Waals surface area contributed by atoms with Gasteiger partial charge in [0.15, 0.2) is 11.6 Å². The Labute approximate surface area is 196 Å². The van der Waals surface area contributed by atoms with Gasteiger partial charge in [-0.1, -0.05) is 18.2 Å². The van der Waals surface area contributed by atoms with Crippen LogP contribution in [0.15, 0.2) is 47.1 Å². The summed E-state index contributed by atoms with van der Waals surface area (Å²) in [4.78, 5) is 4.46. The lowest BCUT2D eigenvalue weighted by Gasteiger charge is -2.26. The summed E-state index contributed by atoms with van der Waals surface area (Å²) in [6.45, 7) is 1.56. The van der Waals surface area contributed by atoms with E-state index in [0.29, 0.717) is 42.8 Å². The molecule has 0 radical (unpaired) electrons. The first-order chi connectivity index (χ1) is 16.0. The number of nitrogens with one attached hydrogen (secondary N) is 1. The number of aliphatic hydroxyl groups excluding tert-OH is 1. The Morgan fingerprint density at radius 2 is 2.00 bits per heavy atom. The maximum Gasteiger partial charge on any atom is 0.208 e. The molecule has 1 saturated carbocycles. The van der Waals surface area contributed by atoms with Crippen LogP contribution in [0.3, 0.4) is 0 Å². The van der Waals surface area contributed by atoms with Crippen molar-refractivity contribution in [1.29, 1.82) is 0 Å². The van der Waals surface area contributed by atoms with Crippen LogP contribution < -0.4 is 4.72 Å². The molecule has 0 amide bonds. The zero-order chi connectivity index (χ0) is 24.7. The maximum absolute atomic E-state index is 14.7. The number of phenols is 1. The second-order valence-electron chi connectivity index (χ2n) is 8.99. The Balaban J connectivity index is 1.73. The standard InChI is InChI=1S/C24H26F2N2O5S/c1-14(29)21-13-33-23(27-21)24(9-8-16(12-24)28-34(2,31)32)11-15-6-7-19(25)18(10-15)17-4-3-5-20(26)22(17)30/h3-7,10,13-14,16,28-30H,8-9,11-12H2,1-2H3/t14-,16-,24+/m0/s1. The molecule has 0 saturated heterocycles. The third kappa shape index (κ3) is 4.98. The predicted octanol–water partition coefficient (Wildman–Crippen LogP) is 3.96. The van der Waals surface area contributed by atoms with Crippen LogP contribution in [0.5, 0.6) is 5.75 Å². The van der Waals surface area contributed by atoms with Crippen LogP contribution >= 0.6 is 0 Å². The molecule has 1 aliphatic carbocycles. The van der Waals surface area contributed by atoms with Crippen molar-refractivity contribution < 1.29 is 31.8 Å². The van der Waals surface area contributed by atoms with E-state index in [0.717, 1.165) is 12.3 Å². The van der Waals surface area contributed by atoms with Crippen molar-refractivity contribution in [2.45, 2.75) is 50.2 Å². The first-order valence-electron chi connectivity index (χ1n) is 10.8. The SMILES string of the molecule is C[C@H](O)c1coc([C@@]2(Cc3ccc(F)c(-c4cccc(F)c4O)c3)CC[C@H](NS(C)(=O)=O)C2)n1. The second-order valence-corrected chi connectivity index (χ2v) is 10.8. The zero-order valence-corrected chi connectivity index (χ0v) is 19.6. The number of halogens is 2. The van der Waals surface area contributed by atoms with Crippen molar-refractivity contribution in [3.63, 3.8) is 0 Å². The van der Waals surface area contributed by atoms with Gasteiger partial charge in [0.05, 0.1) is 17.8 Å². The van der Waals surface area contributed by atoms with E-state index in [-0.39, 0.29) is 17.2 Å². The van der Waals surface area contributed by atoms with E-state index in [1.54, 1.807) is 19.1 Å². The fraction of sp³-hybridized carbons (Fsp3) is 0.375. The number of hydrogen-bond acceptors (Lipinski definition) is 6. The quantitative estimate of drug-likeness (QED) is 0.460. The van der Waals surface area contributed by atoms with Crippen LogP contribution in [0.2, 0.25) is 0 Å². The van der Waals surface area contributed by atoms with E-state index >= 15 is 0 Å². The van der Waals surface area contributed by atoms with Crippen molar-refractivity contribution in [1.82, 2.24) is 9.71 Å². The molecule has 0 unspecified atom stereocenters. The summed E-state index contributed by atoms with van der Waals surface area (Å²) < 4.78 is 60.5. The van der Waals surface area contributed by atoms with Gasteiger partial charge < -0.3 is 14.6 Å². The number of hydrogen-bond donors (Lipinski definition) is 3. The average molecular weight is 493 g/mol. The Bertz CT molecular complexity index is 1310. The topological polar surface area (TPSA) is 113 Å². The maximum atomic E-state index is 14.7. The molecule has 3 N–H and O–H groups in total. The van der Waals surface area contributed by atoms with E-state index in [1.807, 2.05) is 0 Å². The number of nitrogens with zero attached hydrogens (tertiary/aromatic N) is 1. The summed E-state index contributed by atoms with van der Waals surface area (Å²) in [6.07, 6.45) is 3.43. The Kier molecular flexibility index (Phi) is 6.50. The number of rotatable bonds is 7. The second kappa shape index (κ2) is 9.09. The minimum Gasteiger partial charge on any atom is -0.504 e. The highest BCUT2D eigenvalue weighted by Crippen LogP contribution is 2.45. The fourth-order valence-electron chi connectivity index (χ4n) is 4.69. The van der Waals surface area contributed by atoms with Crippen molar-refractivity contribution in [2.24, 2.45) is 0 Å². The van der Waals surface area contributed by atoms with Gasteiger partial charge in [-0.25, -0.2) is 26.9 Å². The van der Waals surface area contributed by atoms with Gasteiger partial charge in [-0.05, 0) is 56.4 Å². The van der Waals surface area contributed by atoms with Crippen LogP contribution in [-0.2, 0) is 21.9 Å². The molecule has 0 bridgehead atoms. The third-order valence-electron chi connectivity index (χ3n) is 6.24. The number of para-hydroxylation sites is 1. The van der Waals surface area contributed by atoms with E-state index < -0.39 is 38.9 Å². The number of oxazole rings is 1. The third-order valence-corrected chi connectivity index (χ3v) is 7.00. The largest absolute Gasteiger partial charge is 0.504 e. The molecular formula is C24H26F2N2O5S. The zero-order valence-electron chi connectivity index (χ0n) is 18.8. The summed E-state index contributed by atoms with van der Waals surface area (Å²) >= 11 is 0. The number of aliphatic hydroxyl groups is 1. The summed E-state index contributed by atoms with van der Waals surface area (Å²) in [6, 6.07) is 7.95. The van der Waals surface area contributed by atoms with E-state index in [9.17, 15) is 27.4 Å². The molecule has 1 fully saturated rings. The van der Waals surface area contributed by atoms with Gasteiger partial charge in [-0.3, -0.25) is 0 Å². The van der Waals surface area contributed by atoms with Gasteiger partial charge in [-0.15, -0.1) is 0 Å². The highest BCUT2D eigenvalue weighted by Gasteiger charge is 2.45. The molecule has 34 heavy (non-hydrogen) atoms. The highest BCUT2D eigenvalue weighted by molar-refractivity contribution is 7.88. The first kappa shape index (κ1) is 24.3. The molecule has 2 aromatic carbocycles. The minimum absolute atomic E-state index is 0.0314. The molecule has 3 aromatic rings. The number of sulfonamides is 1. The molecule has 0 aliphatic heterocycles. The number of aromatic nitrogens is 1. The average Bonchev–Trinajstić information content (AvgIpc) is 3.39. The van der Waals surface area contributed by atoms with Crippen molar-refractivity contribution >= 4 is 10.0 Å². The van der Waals surface area contributed by atoms with Crippen LogP contribution in [0, 0.1) is 11.6 Å². The summed E-state index contributed by atoms with van der Waals surface area (Å²) in [7, 11) is -3.43. The monoisotopic (exact) mass is 492 g/mol. The molecule has 1 heterocycles. The lowest BCUT2D eigenvalue weighted by atomic mass is 9.79. The molecule has 182 valence electrons. The summed E-state index contributed by atoms with van der Waals surface area (Å²) in [5.41, 5.74) is 0.402. The van der Waals surface area contributed by atoms with E-state index in [1.165, 1.54) is 24.5 Å². The van der Waals surface area contributed by atoms with Crippen molar-refractivity contribution in [2.75, 3.05) is 6.26 Å². The molecule has 10 heteroatoms. The van der Waals surface area contributed by atoms with Crippen molar-refractivity contribution in [3.05, 3.63) is 71.4 Å². The Morgan fingerprint density at radius 3 is 2.68 bits per heavy atom. The van der Waals surface area contributed by atoms with Gasteiger partial charge in [0.25, 0.3) is 0 Å².